The number of H-pyrrole nitrogens is 1. The Morgan fingerprint density at radius 2 is 2.22 bits per heavy atom. The van der Waals surface area contributed by atoms with Crippen molar-refractivity contribution in [3.8, 4) is 0 Å². The van der Waals surface area contributed by atoms with E-state index in [2.05, 4.69) is 17.1 Å². The summed E-state index contributed by atoms with van der Waals surface area (Å²) in [4.78, 5) is 3.19. The largest absolute Gasteiger partial charge is 0.359 e. The van der Waals surface area contributed by atoms with Crippen LogP contribution in [0.15, 0.2) is 18.2 Å². The van der Waals surface area contributed by atoms with Crippen molar-refractivity contribution in [2.75, 3.05) is 0 Å². The molecule has 0 unspecified atom stereocenters. The minimum Gasteiger partial charge on any atom is -0.359 e. The van der Waals surface area contributed by atoms with Crippen LogP contribution in [-0.2, 0) is 0 Å². The summed E-state index contributed by atoms with van der Waals surface area (Å²) in [6, 6.07) is 4.13. The third kappa shape index (κ3) is 1.46. The number of aryl methyl sites for hydroxylation is 1. The molecule has 1 heteroatoms. The molecule has 1 aromatic rings. The number of hydrogen-bond acceptors (Lipinski definition) is 0. The van der Waals surface area contributed by atoms with Gasteiger partial charge in [-0.3, -0.25) is 0 Å². The summed E-state index contributed by atoms with van der Waals surface area (Å²) in [5, 5.41) is 0. The molecule has 0 aliphatic carbocycles. The predicted molar refractivity (Wildman–Crippen MR) is 40.2 cm³/mol. The third-order valence-corrected chi connectivity index (χ3v) is 1.20. The summed E-state index contributed by atoms with van der Waals surface area (Å²) in [7, 11) is 0. The van der Waals surface area contributed by atoms with Crippen LogP contribution in [0.3, 0.4) is 0 Å². The lowest BCUT2D eigenvalue weighted by Gasteiger charge is -1.81. The van der Waals surface area contributed by atoms with Crippen LogP contribution in [0.4, 0.5) is 0 Å². The van der Waals surface area contributed by atoms with E-state index in [0.29, 0.717) is 0 Å². The Balaban J connectivity index is 2.85. The average Bonchev–Trinajstić information content (AvgIpc) is 2.17. The first kappa shape index (κ1) is 6.14. The molecule has 0 radical (unpaired) electrons. The number of hydrogen-bond donors (Lipinski definition) is 1. The maximum absolute atomic E-state index is 3.19. The van der Waals surface area contributed by atoms with Gasteiger partial charge in [0.1, 0.15) is 0 Å². The van der Waals surface area contributed by atoms with Crippen molar-refractivity contribution in [2.24, 2.45) is 0 Å². The summed E-state index contributed by atoms with van der Waals surface area (Å²) < 4.78 is 0. The van der Waals surface area contributed by atoms with Crippen molar-refractivity contribution in [3.05, 3.63) is 29.6 Å². The van der Waals surface area contributed by atoms with Crippen LogP contribution in [0.1, 0.15) is 18.3 Å². The first-order chi connectivity index (χ1) is 4.33. The lowest BCUT2D eigenvalue weighted by atomic mass is 10.4. The van der Waals surface area contributed by atoms with Crippen LogP contribution >= 0.6 is 0 Å². The lowest BCUT2D eigenvalue weighted by Crippen LogP contribution is -1.69. The van der Waals surface area contributed by atoms with E-state index >= 15 is 0 Å². The minimum absolute atomic E-state index is 1.18. The van der Waals surface area contributed by atoms with Crippen molar-refractivity contribution in [1.29, 1.82) is 0 Å². The van der Waals surface area contributed by atoms with Crippen LogP contribution in [-0.4, -0.2) is 4.98 Å². The molecule has 0 aliphatic heterocycles. The molecule has 0 saturated carbocycles. The molecule has 0 bridgehead atoms. The minimum atomic E-state index is 1.18. The molecule has 0 spiro atoms. The van der Waals surface area contributed by atoms with Gasteiger partial charge in [0.2, 0.25) is 0 Å². The number of allylic oxidation sites excluding steroid dienone is 1. The highest BCUT2D eigenvalue weighted by Crippen LogP contribution is 2.01. The van der Waals surface area contributed by atoms with Crippen molar-refractivity contribution in [2.45, 2.75) is 13.8 Å². The molecule has 0 aromatic carbocycles. The van der Waals surface area contributed by atoms with Gasteiger partial charge in [0.15, 0.2) is 0 Å². The molecule has 0 atom stereocenters. The molecule has 0 aliphatic rings. The van der Waals surface area contributed by atoms with Gasteiger partial charge in [-0.05, 0) is 32.1 Å². The second-order valence-electron chi connectivity index (χ2n) is 2.10. The summed E-state index contributed by atoms with van der Waals surface area (Å²) >= 11 is 0. The highest BCUT2D eigenvalue weighted by Gasteiger charge is 1.85. The van der Waals surface area contributed by atoms with Gasteiger partial charge in [0, 0.05) is 11.4 Å². The first-order valence-corrected chi connectivity index (χ1v) is 3.11. The quantitative estimate of drug-likeness (QED) is 0.587. The van der Waals surface area contributed by atoms with Gasteiger partial charge >= 0.3 is 0 Å². The summed E-state index contributed by atoms with van der Waals surface area (Å²) in [6.07, 6.45) is 4.07. The zero-order chi connectivity index (χ0) is 6.69. The summed E-state index contributed by atoms with van der Waals surface area (Å²) in [6.45, 7) is 4.06. The number of aromatic nitrogens is 1. The molecule has 0 saturated heterocycles. The Bertz CT molecular complexity index is 208. The molecule has 1 heterocycles. The highest BCUT2D eigenvalue weighted by atomic mass is 14.7. The molecule has 1 aromatic heterocycles. The van der Waals surface area contributed by atoms with E-state index in [9.17, 15) is 0 Å². The van der Waals surface area contributed by atoms with E-state index in [1.807, 2.05) is 26.0 Å². The second kappa shape index (κ2) is 2.53. The van der Waals surface area contributed by atoms with Crippen molar-refractivity contribution in [3.63, 3.8) is 0 Å². The van der Waals surface area contributed by atoms with Crippen LogP contribution in [0, 0.1) is 6.92 Å². The van der Waals surface area contributed by atoms with Gasteiger partial charge in [0.05, 0.1) is 0 Å². The van der Waals surface area contributed by atoms with Crippen molar-refractivity contribution >= 4 is 6.08 Å². The Hall–Kier alpha value is -0.980. The van der Waals surface area contributed by atoms with Gasteiger partial charge in [0.25, 0.3) is 0 Å². The molecule has 0 fully saturated rings. The Morgan fingerprint density at radius 3 is 2.67 bits per heavy atom. The van der Waals surface area contributed by atoms with Crippen LogP contribution in [0.5, 0.6) is 0 Å². The Morgan fingerprint density at radius 1 is 1.44 bits per heavy atom. The standard InChI is InChI=1S/C8H11N/c1-3-4-8-6-5-7(2)9-8/h3-6,9H,1-2H3/b4-3-. The molecule has 48 valence electrons. The van der Waals surface area contributed by atoms with Crippen molar-refractivity contribution < 1.29 is 0 Å². The fourth-order valence-electron chi connectivity index (χ4n) is 0.803. The monoisotopic (exact) mass is 121 g/mol. The Labute approximate surface area is 55.4 Å². The summed E-state index contributed by atoms with van der Waals surface area (Å²) in [5.74, 6) is 0. The lowest BCUT2D eigenvalue weighted by molar-refractivity contribution is 1.25. The van der Waals surface area contributed by atoms with Gasteiger partial charge in [-0.1, -0.05) is 6.08 Å². The molecule has 9 heavy (non-hydrogen) atoms. The molecule has 1 nitrogen and oxygen atoms in total. The van der Waals surface area contributed by atoms with Crippen LogP contribution in [0.25, 0.3) is 6.08 Å². The zero-order valence-electron chi connectivity index (χ0n) is 5.81. The van der Waals surface area contributed by atoms with E-state index in [1.54, 1.807) is 0 Å². The molecule has 1 N–H and O–H groups in total. The van der Waals surface area contributed by atoms with Gasteiger partial charge in [-0.15, -0.1) is 0 Å². The van der Waals surface area contributed by atoms with E-state index in [0.717, 1.165) is 0 Å². The maximum Gasteiger partial charge on any atom is 0.0379 e. The normalized spacial score (nSPS) is 10.9. The second-order valence-corrected chi connectivity index (χ2v) is 2.10. The van der Waals surface area contributed by atoms with E-state index < -0.39 is 0 Å². The first-order valence-electron chi connectivity index (χ1n) is 3.11. The number of nitrogens with one attached hydrogen (secondary N) is 1. The molecular formula is C8H11N. The fraction of sp³-hybridized carbons (Fsp3) is 0.250. The van der Waals surface area contributed by atoms with Gasteiger partial charge in [-0.25, -0.2) is 0 Å². The highest BCUT2D eigenvalue weighted by molar-refractivity contribution is 5.44. The topological polar surface area (TPSA) is 15.8 Å². The SMILES string of the molecule is C/C=C\c1ccc(C)[nH]1. The van der Waals surface area contributed by atoms with E-state index in [4.69, 9.17) is 0 Å². The Kier molecular flexibility index (Phi) is 1.73. The summed E-state index contributed by atoms with van der Waals surface area (Å²) in [5.41, 5.74) is 2.39. The number of rotatable bonds is 1. The van der Waals surface area contributed by atoms with E-state index in [1.165, 1.54) is 11.4 Å². The van der Waals surface area contributed by atoms with Crippen LogP contribution in [0.2, 0.25) is 0 Å². The smallest absolute Gasteiger partial charge is 0.0379 e. The van der Waals surface area contributed by atoms with Gasteiger partial charge in [-0.2, -0.15) is 0 Å². The van der Waals surface area contributed by atoms with Gasteiger partial charge < -0.3 is 4.98 Å². The molecule has 0 amide bonds. The third-order valence-electron chi connectivity index (χ3n) is 1.20. The van der Waals surface area contributed by atoms with E-state index in [-0.39, 0.29) is 0 Å². The maximum atomic E-state index is 3.19. The van der Waals surface area contributed by atoms with Crippen LogP contribution < -0.4 is 0 Å². The predicted octanol–water partition coefficient (Wildman–Crippen LogP) is 2.36. The zero-order valence-corrected chi connectivity index (χ0v) is 5.81. The molecular weight excluding hydrogens is 110 g/mol. The van der Waals surface area contributed by atoms with Crippen molar-refractivity contribution in [1.82, 2.24) is 4.98 Å². The number of aromatic amines is 1. The average molecular weight is 121 g/mol. The fourth-order valence-corrected chi connectivity index (χ4v) is 0.803. The molecule has 1 rings (SSSR count).